The van der Waals surface area contributed by atoms with E-state index >= 15 is 0 Å². The van der Waals surface area contributed by atoms with Crippen molar-refractivity contribution in [3.63, 3.8) is 0 Å². The molecule has 2 aliphatic heterocycles. The molecule has 1 aromatic heterocycles. The number of nitrogens with zero attached hydrogens (tertiary/aromatic N) is 2. The Labute approximate surface area is 167 Å². The Bertz CT molecular complexity index is 830. The molecule has 142 valence electrons. The number of thioether (sulfide) groups is 1. The first kappa shape index (κ1) is 18.4. The van der Waals surface area contributed by atoms with Gasteiger partial charge in [-0.05, 0) is 42.5 Å². The van der Waals surface area contributed by atoms with Gasteiger partial charge >= 0.3 is 0 Å². The molecule has 3 heterocycles. The fraction of sp³-hybridized carbons (Fsp3) is 0.400. The van der Waals surface area contributed by atoms with Crippen molar-refractivity contribution in [3.8, 4) is 5.75 Å². The Kier molecular flexibility index (Phi) is 5.14. The van der Waals surface area contributed by atoms with E-state index in [0.29, 0.717) is 24.4 Å². The largest absolute Gasteiger partial charge is 0.497 e. The smallest absolute Gasteiger partial charge is 0.265 e. The topological polar surface area (TPSA) is 49.9 Å². The lowest BCUT2D eigenvalue weighted by Gasteiger charge is -2.44. The molecule has 0 atom stereocenters. The summed E-state index contributed by atoms with van der Waals surface area (Å²) >= 11 is 3.36. The summed E-state index contributed by atoms with van der Waals surface area (Å²) in [4.78, 5) is 30.3. The van der Waals surface area contributed by atoms with Crippen molar-refractivity contribution in [2.75, 3.05) is 32.5 Å². The molecule has 0 aliphatic carbocycles. The van der Waals surface area contributed by atoms with Gasteiger partial charge in [0.1, 0.15) is 5.75 Å². The molecule has 1 aromatic carbocycles. The van der Waals surface area contributed by atoms with Gasteiger partial charge in [0.25, 0.3) is 11.8 Å². The van der Waals surface area contributed by atoms with Crippen LogP contribution in [0.5, 0.6) is 5.75 Å². The summed E-state index contributed by atoms with van der Waals surface area (Å²) in [5, 5.41) is 1.94. The van der Waals surface area contributed by atoms with Crippen molar-refractivity contribution >= 4 is 34.9 Å². The summed E-state index contributed by atoms with van der Waals surface area (Å²) < 4.78 is 5.23. The van der Waals surface area contributed by atoms with Crippen LogP contribution in [-0.4, -0.2) is 59.0 Å². The molecular weight excluding hydrogens is 380 g/mol. The van der Waals surface area contributed by atoms with E-state index in [0.717, 1.165) is 30.0 Å². The Morgan fingerprint density at radius 3 is 2.59 bits per heavy atom. The van der Waals surface area contributed by atoms with Crippen molar-refractivity contribution in [1.82, 2.24) is 9.80 Å². The molecule has 0 saturated carbocycles. The van der Waals surface area contributed by atoms with Crippen LogP contribution in [0.25, 0.3) is 0 Å². The average Bonchev–Trinajstić information content (AvgIpc) is 3.38. The highest BCUT2D eigenvalue weighted by Gasteiger charge is 2.47. The second kappa shape index (κ2) is 7.56. The maximum Gasteiger partial charge on any atom is 0.265 e. The summed E-state index contributed by atoms with van der Waals surface area (Å²) in [7, 11) is 1.60. The van der Waals surface area contributed by atoms with Gasteiger partial charge in [-0.1, -0.05) is 12.1 Å². The van der Waals surface area contributed by atoms with Gasteiger partial charge in [0, 0.05) is 31.0 Å². The predicted molar refractivity (Wildman–Crippen MR) is 109 cm³/mol. The Balaban J connectivity index is 1.46. The minimum atomic E-state index is -0.174. The molecule has 5 nitrogen and oxygen atoms in total. The van der Waals surface area contributed by atoms with E-state index in [-0.39, 0.29) is 16.7 Å². The van der Waals surface area contributed by atoms with Gasteiger partial charge in [0.2, 0.25) is 0 Å². The molecule has 0 radical (unpaired) electrons. The third kappa shape index (κ3) is 3.46. The lowest BCUT2D eigenvalue weighted by molar-refractivity contribution is 0.0501. The third-order valence-corrected chi connectivity index (χ3v) is 7.71. The number of rotatable bonds is 3. The molecule has 0 unspecified atom stereocenters. The van der Waals surface area contributed by atoms with Crippen LogP contribution in [0, 0.1) is 0 Å². The molecule has 1 spiro atoms. The van der Waals surface area contributed by atoms with E-state index in [1.807, 2.05) is 57.3 Å². The van der Waals surface area contributed by atoms with Crippen LogP contribution in [0.3, 0.4) is 0 Å². The van der Waals surface area contributed by atoms with Crippen LogP contribution in [-0.2, 0) is 0 Å². The molecule has 2 amide bonds. The van der Waals surface area contributed by atoms with E-state index in [1.165, 1.54) is 11.3 Å². The molecule has 2 saturated heterocycles. The van der Waals surface area contributed by atoms with Gasteiger partial charge in [0.15, 0.2) is 0 Å². The summed E-state index contributed by atoms with van der Waals surface area (Å²) in [6.07, 6.45) is 1.62. The van der Waals surface area contributed by atoms with Gasteiger partial charge in [-0.15, -0.1) is 23.1 Å². The molecule has 7 heteroatoms. The highest BCUT2D eigenvalue weighted by Crippen LogP contribution is 2.45. The normalized spacial score (nSPS) is 18.7. The minimum absolute atomic E-state index is 0.0304. The van der Waals surface area contributed by atoms with E-state index in [4.69, 9.17) is 4.74 Å². The monoisotopic (exact) mass is 402 g/mol. The Morgan fingerprint density at radius 2 is 1.89 bits per heavy atom. The number of piperidine rings is 1. The first-order chi connectivity index (χ1) is 13.1. The number of benzene rings is 1. The van der Waals surface area contributed by atoms with E-state index < -0.39 is 0 Å². The van der Waals surface area contributed by atoms with Gasteiger partial charge in [0.05, 0.1) is 16.9 Å². The van der Waals surface area contributed by atoms with Crippen molar-refractivity contribution in [3.05, 3.63) is 52.2 Å². The number of amides is 2. The molecular formula is C20H22N2O3S2. The molecule has 2 fully saturated rings. The lowest BCUT2D eigenvalue weighted by atomic mass is 10.0. The number of likely N-dealkylation sites (tertiary alicyclic amines) is 1. The van der Waals surface area contributed by atoms with Crippen molar-refractivity contribution in [1.29, 1.82) is 0 Å². The van der Waals surface area contributed by atoms with Crippen LogP contribution in [0.15, 0.2) is 41.8 Å². The first-order valence-corrected chi connectivity index (χ1v) is 10.9. The van der Waals surface area contributed by atoms with Crippen LogP contribution >= 0.6 is 23.1 Å². The van der Waals surface area contributed by atoms with Gasteiger partial charge < -0.3 is 14.5 Å². The van der Waals surface area contributed by atoms with Gasteiger partial charge in [-0.3, -0.25) is 9.59 Å². The maximum atomic E-state index is 12.9. The standard InChI is InChI=1S/C20H22N2O3S2/c1-25-16-5-2-4-15(14-16)18(23)21-9-7-20(8-10-21)22(11-13-27-20)19(24)17-6-3-12-26-17/h2-6,12,14H,7-11,13H2,1H3. The molecule has 4 rings (SSSR count). The highest BCUT2D eigenvalue weighted by molar-refractivity contribution is 8.00. The Morgan fingerprint density at radius 1 is 1.07 bits per heavy atom. The van der Waals surface area contributed by atoms with Crippen molar-refractivity contribution in [2.24, 2.45) is 0 Å². The number of ether oxygens (including phenoxy) is 1. The number of methoxy groups -OCH3 is 1. The van der Waals surface area contributed by atoms with Gasteiger partial charge in [-0.25, -0.2) is 0 Å². The van der Waals surface area contributed by atoms with Crippen molar-refractivity contribution in [2.45, 2.75) is 17.7 Å². The number of hydrogen-bond donors (Lipinski definition) is 0. The van der Waals surface area contributed by atoms with Gasteiger partial charge in [-0.2, -0.15) is 0 Å². The number of hydrogen-bond acceptors (Lipinski definition) is 5. The van der Waals surface area contributed by atoms with E-state index in [1.54, 1.807) is 13.2 Å². The molecule has 0 N–H and O–H groups in total. The quantitative estimate of drug-likeness (QED) is 0.787. The maximum absolute atomic E-state index is 12.9. The first-order valence-electron chi connectivity index (χ1n) is 9.06. The number of carbonyl (C=O) groups is 2. The van der Waals surface area contributed by atoms with Crippen LogP contribution < -0.4 is 4.74 Å². The summed E-state index contributed by atoms with van der Waals surface area (Å²) in [6, 6.07) is 11.1. The summed E-state index contributed by atoms with van der Waals surface area (Å²) in [6.45, 7) is 2.11. The summed E-state index contributed by atoms with van der Waals surface area (Å²) in [5.74, 6) is 1.81. The number of thiophene rings is 1. The highest BCUT2D eigenvalue weighted by atomic mass is 32.2. The molecule has 27 heavy (non-hydrogen) atoms. The fourth-order valence-corrected chi connectivity index (χ4v) is 5.97. The second-order valence-electron chi connectivity index (χ2n) is 6.75. The third-order valence-electron chi connectivity index (χ3n) is 5.30. The van der Waals surface area contributed by atoms with E-state index in [9.17, 15) is 9.59 Å². The average molecular weight is 403 g/mol. The lowest BCUT2D eigenvalue weighted by Crippen LogP contribution is -2.53. The van der Waals surface area contributed by atoms with Crippen LogP contribution in [0.1, 0.15) is 32.9 Å². The SMILES string of the molecule is COc1cccc(C(=O)N2CCC3(CC2)SCCN3C(=O)c2cccs2)c1. The predicted octanol–water partition coefficient (Wildman–Crippen LogP) is 3.58. The van der Waals surface area contributed by atoms with E-state index in [2.05, 4.69) is 0 Å². The molecule has 0 bridgehead atoms. The Hall–Kier alpha value is -1.99. The zero-order valence-corrected chi connectivity index (χ0v) is 16.9. The van der Waals surface area contributed by atoms with Crippen molar-refractivity contribution < 1.29 is 14.3 Å². The minimum Gasteiger partial charge on any atom is -0.497 e. The molecule has 2 aromatic rings. The summed E-state index contributed by atoms with van der Waals surface area (Å²) in [5.41, 5.74) is 0.649. The number of carbonyl (C=O) groups excluding carboxylic acids is 2. The van der Waals surface area contributed by atoms with Crippen LogP contribution in [0.4, 0.5) is 0 Å². The second-order valence-corrected chi connectivity index (χ2v) is 9.16. The zero-order chi connectivity index (χ0) is 18.9. The fourth-order valence-electron chi connectivity index (χ4n) is 3.84. The van der Waals surface area contributed by atoms with Crippen LogP contribution in [0.2, 0.25) is 0 Å². The zero-order valence-electron chi connectivity index (χ0n) is 15.2. The molecule has 2 aliphatic rings.